The van der Waals surface area contributed by atoms with Gasteiger partial charge in [-0.05, 0) is 36.4 Å². The fourth-order valence-corrected chi connectivity index (χ4v) is 5.12. The fraction of sp³-hybridized carbons (Fsp3) is 0.130. The molecular weight excluding hydrogens is 384 g/mol. The zero-order chi connectivity index (χ0) is 20.4. The number of para-hydroxylation sites is 2. The van der Waals surface area contributed by atoms with Crippen LogP contribution in [-0.4, -0.2) is 21.1 Å². The summed E-state index contributed by atoms with van der Waals surface area (Å²) in [6.45, 7) is 1.73. The average Bonchev–Trinajstić information content (AvgIpc) is 3.02. The lowest BCUT2D eigenvalue weighted by atomic mass is 10.0. The van der Waals surface area contributed by atoms with Crippen molar-refractivity contribution in [3.05, 3.63) is 91.0 Å². The van der Waals surface area contributed by atoms with E-state index in [-0.39, 0.29) is 6.42 Å². The summed E-state index contributed by atoms with van der Waals surface area (Å²) in [6, 6.07) is 26.6. The second-order valence-electron chi connectivity index (χ2n) is 6.67. The molecule has 0 saturated carbocycles. The number of carbonyl (C=O) groups excluding carboxylic acids is 2. The molecule has 146 valence electrons. The Labute approximate surface area is 172 Å². The minimum atomic E-state index is -1.85. The number of nitrogens with zero attached hydrogens (tertiary/aromatic N) is 2. The number of anilines is 2. The van der Waals surface area contributed by atoms with Crippen molar-refractivity contribution < 1.29 is 14.1 Å². The van der Waals surface area contributed by atoms with Crippen molar-refractivity contribution in [1.82, 2.24) is 0 Å². The molecule has 1 aliphatic heterocycles. The topological polar surface area (TPSA) is 63.7 Å². The van der Waals surface area contributed by atoms with Crippen LogP contribution in [0.4, 0.5) is 11.4 Å². The van der Waals surface area contributed by atoms with E-state index in [4.69, 9.17) is 0 Å². The van der Waals surface area contributed by atoms with E-state index in [2.05, 4.69) is 0 Å². The highest BCUT2D eigenvalue weighted by Crippen LogP contribution is 2.42. The minimum absolute atomic E-state index is 0.124. The molecule has 3 aromatic rings. The average molecular weight is 404 g/mol. The third kappa shape index (κ3) is 3.01. The maximum absolute atomic E-state index is 13.7. The van der Waals surface area contributed by atoms with Crippen LogP contribution in [-0.2, 0) is 20.8 Å². The second-order valence-corrected chi connectivity index (χ2v) is 8.37. The van der Waals surface area contributed by atoms with Crippen LogP contribution in [0.2, 0.25) is 0 Å². The summed E-state index contributed by atoms with van der Waals surface area (Å²) in [7, 11) is 0. The van der Waals surface area contributed by atoms with Crippen molar-refractivity contribution in [1.29, 1.82) is 0 Å². The van der Waals surface area contributed by atoms with E-state index >= 15 is 0 Å². The molecule has 6 heteroatoms. The Kier molecular flexibility index (Phi) is 5.13. The number of hydrazine groups is 1. The van der Waals surface area contributed by atoms with Gasteiger partial charge in [-0.25, -0.2) is 10.0 Å². The molecule has 0 spiro atoms. The molecular formula is C23H20N2O3S. The lowest BCUT2D eigenvalue weighted by molar-refractivity contribution is -0.125. The van der Waals surface area contributed by atoms with Crippen molar-refractivity contribution in [3.8, 4) is 0 Å². The Balaban J connectivity index is 1.90. The van der Waals surface area contributed by atoms with Gasteiger partial charge in [-0.1, -0.05) is 61.5 Å². The molecule has 0 aliphatic carbocycles. The number of amides is 2. The number of hydrogen-bond acceptors (Lipinski definition) is 3. The van der Waals surface area contributed by atoms with Gasteiger partial charge in [-0.3, -0.25) is 9.59 Å². The molecule has 3 aromatic carbocycles. The molecule has 1 fully saturated rings. The molecule has 1 saturated heterocycles. The summed E-state index contributed by atoms with van der Waals surface area (Å²) in [5.41, 5.74) is 1.10. The highest BCUT2D eigenvalue weighted by atomic mass is 32.2. The van der Waals surface area contributed by atoms with Crippen LogP contribution >= 0.6 is 0 Å². The molecule has 4 rings (SSSR count). The van der Waals surface area contributed by atoms with Gasteiger partial charge in [0.05, 0.1) is 11.4 Å². The summed E-state index contributed by atoms with van der Waals surface area (Å²) in [5, 5.41) is 2.70. The fourth-order valence-electron chi connectivity index (χ4n) is 3.56. The van der Waals surface area contributed by atoms with Crippen molar-refractivity contribution >= 4 is 34.4 Å². The van der Waals surface area contributed by atoms with Gasteiger partial charge in [0.15, 0.2) is 4.90 Å². The lowest BCUT2D eigenvalue weighted by Gasteiger charge is -2.26. The van der Waals surface area contributed by atoms with Crippen molar-refractivity contribution in [2.45, 2.75) is 23.0 Å². The SMILES string of the molecule is CCC1([S+]([O-])c2ccccc2)C(=O)N(c2ccccc2)N(c2ccccc2)C1=O. The van der Waals surface area contributed by atoms with E-state index in [1.807, 2.05) is 18.2 Å². The molecule has 2 amide bonds. The predicted molar refractivity (Wildman–Crippen MR) is 114 cm³/mol. The van der Waals surface area contributed by atoms with E-state index < -0.39 is 27.7 Å². The molecule has 1 unspecified atom stereocenters. The highest BCUT2D eigenvalue weighted by Gasteiger charge is 2.67. The summed E-state index contributed by atoms with van der Waals surface area (Å²) < 4.78 is 11.9. The third-order valence-electron chi connectivity index (χ3n) is 5.05. The predicted octanol–water partition coefficient (Wildman–Crippen LogP) is 3.94. The van der Waals surface area contributed by atoms with Crippen molar-refractivity contribution in [2.24, 2.45) is 0 Å². The Morgan fingerprint density at radius 3 is 1.48 bits per heavy atom. The van der Waals surface area contributed by atoms with Gasteiger partial charge in [0, 0.05) is 17.6 Å². The first-order valence-corrected chi connectivity index (χ1v) is 10.5. The van der Waals surface area contributed by atoms with Gasteiger partial charge in [-0.2, -0.15) is 0 Å². The van der Waals surface area contributed by atoms with Crippen LogP contribution in [0, 0.1) is 0 Å². The molecule has 0 radical (unpaired) electrons. The minimum Gasteiger partial charge on any atom is -0.610 e. The van der Waals surface area contributed by atoms with Crippen LogP contribution in [0.25, 0.3) is 0 Å². The zero-order valence-electron chi connectivity index (χ0n) is 15.9. The van der Waals surface area contributed by atoms with Crippen LogP contribution < -0.4 is 10.0 Å². The van der Waals surface area contributed by atoms with Crippen LogP contribution in [0.15, 0.2) is 95.9 Å². The quantitative estimate of drug-likeness (QED) is 0.478. The monoisotopic (exact) mass is 404 g/mol. The summed E-state index contributed by atoms with van der Waals surface area (Å²) in [5.74, 6) is -0.968. The van der Waals surface area contributed by atoms with E-state index in [9.17, 15) is 14.1 Å². The normalized spacial score (nSPS) is 16.9. The Bertz CT molecular complexity index is 955. The van der Waals surface area contributed by atoms with Gasteiger partial charge in [-0.15, -0.1) is 0 Å². The lowest BCUT2D eigenvalue weighted by Crippen LogP contribution is -2.50. The molecule has 1 heterocycles. The van der Waals surface area contributed by atoms with Crippen LogP contribution in [0.1, 0.15) is 13.3 Å². The largest absolute Gasteiger partial charge is 0.610 e. The van der Waals surface area contributed by atoms with E-state index in [0.29, 0.717) is 16.3 Å². The Hall–Kier alpha value is -3.09. The van der Waals surface area contributed by atoms with E-state index in [0.717, 1.165) is 0 Å². The maximum atomic E-state index is 13.7. The molecule has 0 bridgehead atoms. The zero-order valence-corrected chi connectivity index (χ0v) is 16.7. The molecule has 29 heavy (non-hydrogen) atoms. The molecule has 1 atom stereocenters. The number of hydrogen-bond donors (Lipinski definition) is 0. The number of benzene rings is 3. The second kappa shape index (κ2) is 7.73. The first-order chi connectivity index (χ1) is 14.1. The summed E-state index contributed by atoms with van der Waals surface area (Å²) in [6.07, 6.45) is 0.124. The summed E-state index contributed by atoms with van der Waals surface area (Å²) in [4.78, 5) is 27.9. The van der Waals surface area contributed by atoms with Crippen LogP contribution in [0.3, 0.4) is 0 Å². The van der Waals surface area contributed by atoms with Crippen LogP contribution in [0.5, 0.6) is 0 Å². The first kappa shape index (κ1) is 19.2. The van der Waals surface area contributed by atoms with Gasteiger partial charge >= 0.3 is 11.8 Å². The van der Waals surface area contributed by atoms with Gasteiger partial charge in [0.1, 0.15) is 0 Å². The molecule has 5 nitrogen and oxygen atoms in total. The summed E-state index contributed by atoms with van der Waals surface area (Å²) >= 11 is -1.85. The van der Waals surface area contributed by atoms with E-state index in [1.54, 1.807) is 79.7 Å². The number of carbonyl (C=O) groups is 2. The maximum Gasteiger partial charge on any atom is 0.312 e. The molecule has 0 N–H and O–H groups in total. The van der Waals surface area contributed by atoms with E-state index in [1.165, 1.54) is 10.0 Å². The number of rotatable bonds is 5. The third-order valence-corrected chi connectivity index (χ3v) is 7.02. The van der Waals surface area contributed by atoms with Gasteiger partial charge in [0.25, 0.3) is 4.75 Å². The van der Waals surface area contributed by atoms with Crippen molar-refractivity contribution in [3.63, 3.8) is 0 Å². The Morgan fingerprint density at radius 2 is 1.10 bits per heavy atom. The standard InChI is InChI=1S/C23H20N2O3S/c1-2-23(29(28)20-16-10-5-11-17-20)21(26)24(18-12-6-3-7-13-18)25(22(23)27)19-14-8-4-9-15-19/h3-17H,2H2,1H3. The highest BCUT2D eigenvalue weighted by molar-refractivity contribution is 7.94. The van der Waals surface area contributed by atoms with Gasteiger partial charge < -0.3 is 4.55 Å². The molecule has 1 aliphatic rings. The Morgan fingerprint density at radius 1 is 0.724 bits per heavy atom. The molecule has 0 aromatic heterocycles. The van der Waals surface area contributed by atoms with Crippen molar-refractivity contribution in [2.75, 3.05) is 10.0 Å². The smallest absolute Gasteiger partial charge is 0.312 e. The first-order valence-electron chi connectivity index (χ1n) is 9.37. The van der Waals surface area contributed by atoms with Gasteiger partial charge in [0.2, 0.25) is 0 Å².